The molecule has 0 amide bonds. The Kier molecular flexibility index (Phi) is 4.28. The van der Waals surface area contributed by atoms with Crippen molar-refractivity contribution >= 4 is 28.3 Å². The van der Waals surface area contributed by atoms with Gasteiger partial charge in [-0.05, 0) is 22.6 Å². The number of hydrogen-bond donors (Lipinski definition) is 0. The molecule has 1 rings (SSSR count). The molecule has 0 bridgehead atoms. The Bertz CT molecular complexity index is 527. The second kappa shape index (κ2) is 5.34. The third-order valence-corrected chi connectivity index (χ3v) is 2.47. The summed E-state index contributed by atoms with van der Waals surface area (Å²) >= 11 is 1.46. The second-order valence-corrected chi connectivity index (χ2v) is 4.03. The van der Waals surface area contributed by atoms with Crippen LogP contribution >= 0.6 is 22.6 Å². The number of halogens is 4. The monoisotopic (exact) mass is 373 g/mol. The van der Waals surface area contributed by atoms with Crippen molar-refractivity contribution in [2.75, 3.05) is 0 Å². The highest BCUT2D eigenvalue weighted by atomic mass is 127. The highest BCUT2D eigenvalue weighted by Gasteiger charge is 2.37. The summed E-state index contributed by atoms with van der Waals surface area (Å²) in [7, 11) is 0. The Morgan fingerprint density at radius 3 is 2.67 bits per heavy atom. The van der Waals surface area contributed by atoms with Gasteiger partial charge in [0.25, 0.3) is 0 Å². The molecule has 1 aromatic heterocycles. The first kappa shape index (κ1) is 14.4. The summed E-state index contributed by atoms with van der Waals surface area (Å²) < 4.78 is 40.0. The fourth-order valence-electron chi connectivity index (χ4n) is 1.09. The van der Waals surface area contributed by atoms with Crippen molar-refractivity contribution in [3.63, 3.8) is 0 Å². The number of ether oxygens (including phenoxy) is 1. The Morgan fingerprint density at radius 1 is 1.61 bits per heavy atom. The number of nitriles is 1. The normalized spacial score (nSPS) is 10.8. The fraction of sp³-hybridized carbons (Fsp3) is 0.250. The zero-order chi connectivity index (χ0) is 13.9. The molecule has 18 heavy (non-hydrogen) atoms. The fourth-order valence-corrected chi connectivity index (χ4v) is 1.67. The van der Waals surface area contributed by atoms with Gasteiger partial charge in [-0.3, -0.25) is 15.1 Å². The zero-order valence-electron chi connectivity index (χ0n) is 8.36. The first-order valence-corrected chi connectivity index (χ1v) is 5.28. The van der Waals surface area contributed by atoms with Crippen molar-refractivity contribution in [2.45, 2.75) is 12.8 Å². The number of nitro groups is 1. The standard InChI is InChI=1S/C8H3F3IN3O3/c9-8(10,11)18-7-5(1-2-13)14-3-4(12)6(7)15(16)17/h3H,1H2. The maximum Gasteiger partial charge on any atom is 0.573 e. The number of hydrogen-bond acceptors (Lipinski definition) is 5. The van der Waals surface area contributed by atoms with Crippen LogP contribution in [0.25, 0.3) is 0 Å². The summed E-state index contributed by atoms with van der Waals surface area (Å²) in [6.07, 6.45) is -4.61. The van der Waals surface area contributed by atoms with Crippen molar-refractivity contribution in [3.05, 3.63) is 25.6 Å². The summed E-state index contributed by atoms with van der Waals surface area (Å²) in [5, 5.41) is 19.2. The van der Waals surface area contributed by atoms with E-state index in [0.717, 1.165) is 6.20 Å². The van der Waals surface area contributed by atoms with E-state index in [-0.39, 0.29) is 3.57 Å². The molecule has 10 heteroatoms. The van der Waals surface area contributed by atoms with E-state index >= 15 is 0 Å². The topological polar surface area (TPSA) is 89.0 Å². The molecule has 0 N–H and O–H groups in total. The molecule has 96 valence electrons. The Labute approximate surface area is 112 Å². The smallest absolute Gasteiger partial charge is 0.396 e. The Balaban J connectivity index is 3.44. The number of rotatable bonds is 3. The van der Waals surface area contributed by atoms with Gasteiger partial charge < -0.3 is 4.74 Å². The molecule has 0 aliphatic heterocycles. The predicted octanol–water partition coefficient (Wildman–Crippen LogP) is 2.56. The first-order valence-electron chi connectivity index (χ1n) is 4.20. The van der Waals surface area contributed by atoms with Gasteiger partial charge in [0.2, 0.25) is 5.75 Å². The van der Waals surface area contributed by atoms with E-state index in [0.29, 0.717) is 0 Å². The molecule has 0 spiro atoms. The molecule has 0 radical (unpaired) electrons. The lowest BCUT2D eigenvalue weighted by Gasteiger charge is -2.11. The Hall–Kier alpha value is -1.64. The molecule has 1 heterocycles. The lowest BCUT2D eigenvalue weighted by molar-refractivity contribution is -0.389. The Morgan fingerprint density at radius 2 is 2.22 bits per heavy atom. The second-order valence-electron chi connectivity index (χ2n) is 2.87. The van der Waals surface area contributed by atoms with Gasteiger partial charge in [0.1, 0.15) is 9.26 Å². The number of pyridine rings is 1. The van der Waals surface area contributed by atoms with Gasteiger partial charge >= 0.3 is 12.0 Å². The van der Waals surface area contributed by atoms with E-state index in [1.807, 2.05) is 0 Å². The van der Waals surface area contributed by atoms with Crippen LogP contribution in [-0.4, -0.2) is 16.3 Å². The van der Waals surface area contributed by atoms with Crippen LogP contribution in [0.1, 0.15) is 5.69 Å². The van der Waals surface area contributed by atoms with Crippen molar-refractivity contribution < 1.29 is 22.8 Å². The minimum Gasteiger partial charge on any atom is -0.396 e. The van der Waals surface area contributed by atoms with Gasteiger partial charge in [0.05, 0.1) is 17.4 Å². The molecule has 0 fully saturated rings. The summed E-state index contributed by atoms with van der Waals surface area (Å²) in [6.45, 7) is 0. The summed E-state index contributed by atoms with van der Waals surface area (Å²) in [4.78, 5) is 13.3. The van der Waals surface area contributed by atoms with Crippen LogP contribution < -0.4 is 4.74 Å². The van der Waals surface area contributed by atoms with Crippen LogP contribution in [-0.2, 0) is 6.42 Å². The minimum absolute atomic E-state index is 0.112. The molecule has 0 atom stereocenters. The van der Waals surface area contributed by atoms with E-state index in [4.69, 9.17) is 5.26 Å². The SMILES string of the molecule is N#CCc1ncc(I)c([N+](=O)[O-])c1OC(F)(F)F. The van der Waals surface area contributed by atoms with Gasteiger partial charge in [-0.2, -0.15) is 5.26 Å². The van der Waals surface area contributed by atoms with E-state index in [2.05, 4.69) is 9.72 Å². The molecule has 0 aliphatic carbocycles. The average molecular weight is 373 g/mol. The summed E-state index contributed by atoms with van der Waals surface area (Å²) in [5.41, 5.74) is -1.28. The van der Waals surface area contributed by atoms with Gasteiger partial charge in [-0.1, -0.05) is 0 Å². The molecule has 0 aliphatic rings. The van der Waals surface area contributed by atoms with Gasteiger partial charge in [0, 0.05) is 6.20 Å². The molecule has 0 saturated heterocycles. The van der Waals surface area contributed by atoms with Crippen LogP contribution in [0.2, 0.25) is 0 Å². The molecule has 0 unspecified atom stereocenters. The molecule has 0 saturated carbocycles. The van der Waals surface area contributed by atoms with Crippen molar-refractivity contribution in [1.82, 2.24) is 4.98 Å². The molecule has 1 aromatic rings. The largest absolute Gasteiger partial charge is 0.573 e. The van der Waals surface area contributed by atoms with Crippen molar-refractivity contribution in [1.29, 1.82) is 5.26 Å². The van der Waals surface area contributed by atoms with Gasteiger partial charge in [-0.15, -0.1) is 13.2 Å². The number of alkyl halides is 3. The van der Waals surface area contributed by atoms with E-state index in [1.54, 1.807) is 6.07 Å². The maximum absolute atomic E-state index is 12.2. The van der Waals surface area contributed by atoms with Crippen LogP contribution in [0.4, 0.5) is 18.9 Å². The van der Waals surface area contributed by atoms with Crippen LogP contribution in [0.5, 0.6) is 5.75 Å². The lowest BCUT2D eigenvalue weighted by atomic mass is 10.2. The zero-order valence-corrected chi connectivity index (χ0v) is 10.5. The van der Waals surface area contributed by atoms with Gasteiger partial charge in [0.15, 0.2) is 0 Å². The summed E-state index contributed by atoms with van der Waals surface area (Å²) in [5.74, 6) is -1.04. The third kappa shape index (κ3) is 3.42. The number of nitrogens with zero attached hydrogens (tertiary/aromatic N) is 3. The van der Waals surface area contributed by atoms with Crippen LogP contribution in [0.15, 0.2) is 6.20 Å². The van der Waals surface area contributed by atoms with Crippen molar-refractivity contribution in [3.8, 4) is 11.8 Å². The lowest BCUT2D eigenvalue weighted by Crippen LogP contribution is -2.20. The molecule has 0 aromatic carbocycles. The maximum atomic E-state index is 12.2. The number of aromatic nitrogens is 1. The minimum atomic E-state index is -5.10. The molecule has 6 nitrogen and oxygen atoms in total. The molecular formula is C8H3F3IN3O3. The van der Waals surface area contributed by atoms with Gasteiger partial charge in [-0.25, -0.2) is 0 Å². The van der Waals surface area contributed by atoms with E-state index < -0.39 is 34.8 Å². The molecular weight excluding hydrogens is 370 g/mol. The van der Waals surface area contributed by atoms with Crippen LogP contribution in [0, 0.1) is 25.0 Å². The highest BCUT2D eigenvalue weighted by molar-refractivity contribution is 14.1. The third-order valence-electron chi connectivity index (χ3n) is 1.68. The highest BCUT2D eigenvalue weighted by Crippen LogP contribution is 2.37. The van der Waals surface area contributed by atoms with Crippen molar-refractivity contribution in [2.24, 2.45) is 0 Å². The van der Waals surface area contributed by atoms with Crippen LogP contribution in [0.3, 0.4) is 0 Å². The predicted molar refractivity (Wildman–Crippen MR) is 59.6 cm³/mol. The quantitative estimate of drug-likeness (QED) is 0.462. The van der Waals surface area contributed by atoms with E-state index in [9.17, 15) is 23.3 Å². The summed E-state index contributed by atoms with van der Waals surface area (Å²) in [6, 6.07) is 1.56. The van der Waals surface area contributed by atoms with E-state index in [1.165, 1.54) is 22.6 Å². The first-order chi connectivity index (χ1) is 8.26. The average Bonchev–Trinajstić information content (AvgIpc) is 2.19.